The zero-order valence-corrected chi connectivity index (χ0v) is 6.05. The number of ether oxygens (including phenoxy) is 1. The smallest absolute Gasteiger partial charge is 0.431 e. The monoisotopic (exact) mass is 146 g/mol. The van der Waals surface area contributed by atoms with Crippen LogP contribution in [0, 0.1) is 6.92 Å². The molecule has 0 aromatic heterocycles. The normalized spacial score (nSPS) is 9.00. The second kappa shape index (κ2) is 6.35. The van der Waals surface area contributed by atoms with Gasteiger partial charge in [-0.25, -0.2) is 4.79 Å². The maximum atomic E-state index is 10.4. The van der Waals surface area contributed by atoms with Crippen LogP contribution in [-0.4, -0.2) is 19.3 Å². The van der Waals surface area contributed by atoms with Gasteiger partial charge in [0.05, 0.1) is 13.2 Å². The molecule has 59 valence electrons. The van der Waals surface area contributed by atoms with Gasteiger partial charge >= 0.3 is 6.09 Å². The molecule has 0 aliphatic heterocycles. The summed E-state index contributed by atoms with van der Waals surface area (Å²) in [7, 11) is 0. The Balaban J connectivity index is 3.05. The van der Waals surface area contributed by atoms with Crippen LogP contribution in [0.25, 0.3) is 0 Å². The van der Waals surface area contributed by atoms with Gasteiger partial charge in [0, 0.05) is 0 Å². The SMILES string of the molecule is [CH2]CCONC(=O)OCC. The van der Waals surface area contributed by atoms with E-state index in [1.54, 1.807) is 6.92 Å². The van der Waals surface area contributed by atoms with E-state index >= 15 is 0 Å². The minimum atomic E-state index is -0.559. The molecule has 0 aromatic carbocycles. The van der Waals surface area contributed by atoms with Crippen molar-refractivity contribution >= 4 is 6.09 Å². The van der Waals surface area contributed by atoms with Crippen LogP contribution in [0.15, 0.2) is 0 Å². The second-order valence-corrected chi connectivity index (χ2v) is 1.52. The first-order valence-corrected chi connectivity index (χ1v) is 3.15. The number of carbonyl (C=O) groups excluding carboxylic acids is 1. The summed E-state index contributed by atoms with van der Waals surface area (Å²) in [6, 6.07) is 0. The lowest BCUT2D eigenvalue weighted by Gasteiger charge is -2.03. The summed E-state index contributed by atoms with van der Waals surface area (Å²) < 4.78 is 4.49. The molecule has 0 rings (SSSR count). The molecule has 0 aromatic rings. The van der Waals surface area contributed by atoms with E-state index in [9.17, 15) is 4.79 Å². The standard InChI is InChI=1S/C6H12NO3/c1-3-5-10-7-6(8)9-4-2/h1,3-5H2,2H3,(H,7,8). The molecule has 0 atom stereocenters. The molecule has 0 saturated heterocycles. The molecule has 0 bridgehead atoms. The van der Waals surface area contributed by atoms with Gasteiger partial charge < -0.3 is 4.74 Å². The fourth-order valence-corrected chi connectivity index (χ4v) is 0.343. The molecule has 0 aliphatic carbocycles. The van der Waals surface area contributed by atoms with Gasteiger partial charge in [0.1, 0.15) is 0 Å². The zero-order chi connectivity index (χ0) is 7.82. The van der Waals surface area contributed by atoms with E-state index < -0.39 is 6.09 Å². The summed E-state index contributed by atoms with van der Waals surface area (Å²) in [5.41, 5.74) is 2.08. The van der Waals surface area contributed by atoms with Crippen molar-refractivity contribution in [3.8, 4) is 0 Å². The van der Waals surface area contributed by atoms with Gasteiger partial charge in [0.2, 0.25) is 0 Å². The van der Waals surface area contributed by atoms with Gasteiger partial charge in [0.25, 0.3) is 0 Å². The summed E-state index contributed by atoms with van der Waals surface area (Å²) in [5.74, 6) is 0. The Morgan fingerprint density at radius 2 is 2.40 bits per heavy atom. The minimum absolute atomic E-state index is 0.347. The van der Waals surface area contributed by atoms with Crippen molar-refractivity contribution in [2.45, 2.75) is 13.3 Å². The van der Waals surface area contributed by atoms with Gasteiger partial charge in [-0.05, 0) is 13.3 Å². The highest BCUT2D eigenvalue weighted by Crippen LogP contribution is 1.78. The highest BCUT2D eigenvalue weighted by atomic mass is 16.7. The number of carbonyl (C=O) groups is 1. The van der Waals surface area contributed by atoms with Crippen LogP contribution in [-0.2, 0) is 9.57 Å². The Morgan fingerprint density at radius 1 is 1.70 bits per heavy atom. The van der Waals surface area contributed by atoms with E-state index in [2.05, 4.69) is 22.0 Å². The number of amides is 1. The van der Waals surface area contributed by atoms with Crippen LogP contribution in [0.5, 0.6) is 0 Å². The summed E-state index contributed by atoms with van der Waals surface area (Å²) in [5, 5.41) is 0. The van der Waals surface area contributed by atoms with Crippen LogP contribution in [0.4, 0.5) is 4.79 Å². The third kappa shape index (κ3) is 5.37. The van der Waals surface area contributed by atoms with E-state index in [4.69, 9.17) is 0 Å². The Hall–Kier alpha value is -0.770. The van der Waals surface area contributed by atoms with Crippen molar-refractivity contribution in [1.29, 1.82) is 0 Å². The molecular formula is C6H12NO3. The molecule has 1 amide bonds. The van der Waals surface area contributed by atoms with E-state index in [1.165, 1.54) is 0 Å². The predicted octanol–water partition coefficient (Wildman–Crippen LogP) is 0.888. The van der Waals surface area contributed by atoms with E-state index in [1.807, 2.05) is 0 Å². The summed E-state index contributed by atoms with van der Waals surface area (Å²) in [4.78, 5) is 15.0. The number of rotatable bonds is 4. The maximum absolute atomic E-state index is 10.4. The Bertz CT molecular complexity index is 95.0. The first-order valence-electron chi connectivity index (χ1n) is 3.15. The van der Waals surface area contributed by atoms with E-state index in [0.717, 1.165) is 0 Å². The zero-order valence-electron chi connectivity index (χ0n) is 6.05. The van der Waals surface area contributed by atoms with Crippen molar-refractivity contribution in [3.63, 3.8) is 0 Å². The third-order valence-corrected chi connectivity index (χ3v) is 0.677. The quantitative estimate of drug-likeness (QED) is 0.473. The molecule has 4 nitrogen and oxygen atoms in total. The minimum Gasteiger partial charge on any atom is -0.448 e. The molecule has 1 N–H and O–H groups in total. The highest BCUT2D eigenvalue weighted by Gasteiger charge is 1.96. The Labute approximate surface area is 60.5 Å². The largest absolute Gasteiger partial charge is 0.448 e. The average Bonchev–Trinajstić information content (AvgIpc) is 1.89. The predicted molar refractivity (Wildman–Crippen MR) is 36.1 cm³/mol. The van der Waals surface area contributed by atoms with Crippen LogP contribution in [0.1, 0.15) is 13.3 Å². The van der Waals surface area contributed by atoms with Crippen LogP contribution >= 0.6 is 0 Å². The number of hydroxylamine groups is 1. The molecule has 0 saturated carbocycles. The highest BCUT2D eigenvalue weighted by molar-refractivity contribution is 5.65. The van der Waals surface area contributed by atoms with Crippen molar-refractivity contribution in [3.05, 3.63) is 6.92 Å². The number of hydrogen-bond donors (Lipinski definition) is 1. The van der Waals surface area contributed by atoms with E-state index in [0.29, 0.717) is 19.6 Å². The number of nitrogens with one attached hydrogen (secondary N) is 1. The van der Waals surface area contributed by atoms with Gasteiger partial charge in [-0.1, -0.05) is 6.92 Å². The maximum Gasteiger partial charge on any atom is 0.431 e. The van der Waals surface area contributed by atoms with Gasteiger partial charge in [0.15, 0.2) is 0 Å². The molecule has 0 spiro atoms. The van der Waals surface area contributed by atoms with Crippen molar-refractivity contribution in [2.75, 3.05) is 13.2 Å². The van der Waals surface area contributed by atoms with Crippen LogP contribution in [0.2, 0.25) is 0 Å². The fraction of sp³-hybridized carbons (Fsp3) is 0.667. The summed E-state index contributed by atoms with van der Waals surface area (Å²) in [6.45, 7) is 5.98. The Kier molecular flexibility index (Phi) is 5.86. The van der Waals surface area contributed by atoms with Crippen LogP contribution in [0.3, 0.4) is 0 Å². The van der Waals surface area contributed by atoms with Crippen molar-refractivity contribution in [1.82, 2.24) is 5.48 Å². The lowest BCUT2D eigenvalue weighted by molar-refractivity contribution is 0.0316. The summed E-state index contributed by atoms with van der Waals surface area (Å²) >= 11 is 0. The molecule has 1 radical (unpaired) electrons. The Morgan fingerprint density at radius 3 is 2.90 bits per heavy atom. The van der Waals surface area contributed by atoms with Crippen LogP contribution < -0.4 is 5.48 Å². The summed E-state index contributed by atoms with van der Waals surface area (Å²) in [6.07, 6.45) is 0.0582. The molecule has 0 aliphatic rings. The van der Waals surface area contributed by atoms with Gasteiger partial charge in [-0.2, -0.15) is 5.48 Å². The lowest BCUT2D eigenvalue weighted by atomic mass is 10.5. The molecule has 10 heavy (non-hydrogen) atoms. The first-order chi connectivity index (χ1) is 4.81. The first kappa shape index (κ1) is 9.23. The van der Waals surface area contributed by atoms with Gasteiger partial charge in [-0.15, -0.1) is 0 Å². The molecule has 0 unspecified atom stereocenters. The van der Waals surface area contributed by atoms with Crippen molar-refractivity contribution in [2.24, 2.45) is 0 Å². The molecule has 0 heterocycles. The number of hydrogen-bond acceptors (Lipinski definition) is 3. The molecule has 0 fully saturated rings. The third-order valence-electron chi connectivity index (χ3n) is 0.677. The van der Waals surface area contributed by atoms with E-state index in [-0.39, 0.29) is 0 Å². The van der Waals surface area contributed by atoms with Crippen molar-refractivity contribution < 1.29 is 14.4 Å². The molecular weight excluding hydrogens is 134 g/mol. The topological polar surface area (TPSA) is 47.6 Å². The van der Waals surface area contributed by atoms with Gasteiger partial charge in [-0.3, -0.25) is 4.84 Å². The second-order valence-electron chi connectivity index (χ2n) is 1.52. The molecule has 4 heteroatoms. The fourth-order valence-electron chi connectivity index (χ4n) is 0.343. The average molecular weight is 146 g/mol. The lowest BCUT2D eigenvalue weighted by Crippen LogP contribution is -2.24.